The number of anilines is 1. The summed E-state index contributed by atoms with van der Waals surface area (Å²) in [6.45, 7) is 7.91. The summed E-state index contributed by atoms with van der Waals surface area (Å²) in [7, 11) is 0. The van der Waals surface area contributed by atoms with Crippen LogP contribution >= 0.6 is 0 Å². The highest BCUT2D eigenvalue weighted by Gasteiger charge is 2.35. The number of hydrogen-bond donors (Lipinski definition) is 2. The van der Waals surface area contributed by atoms with Crippen LogP contribution in [0.2, 0.25) is 0 Å². The molecule has 6 heteroatoms. The van der Waals surface area contributed by atoms with Gasteiger partial charge in [-0.25, -0.2) is 0 Å². The van der Waals surface area contributed by atoms with E-state index in [0.29, 0.717) is 24.1 Å². The molecule has 134 valence electrons. The van der Waals surface area contributed by atoms with E-state index in [2.05, 4.69) is 22.1 Å². The standard InChI is InChI=1S/C19H25N3O3/c1-13(2)12-25-17-5-3-4-14(10-17)20-18(23)19(24)21-15-8-9-22(11-15)16-6-7-16/h3-5,10,15-16H,1,6-9,11-12H2,2H3,(H,20,23)(H,21,24). The van der Waals surface area contributed by atoms with Gasteiger partial charge in [0, 0.05) is 36.9 Å². The maximum absolute atomic E-state index is 12.1. The number of nitrogens with one attached hydrogen (secondary N) is 2. The highest BCUT2D eigenvalue weighted by atomic mass is 16.5. The second-order valence-electron chi connectivity index (χ2n) is 6.91. The number of hydrogen-bond acceptors (Lipinski definition) is 4. The lowest BCUT2D eigenvalue weighted by molar-refractivity contribution is -0.136. The lowest BCUT2D eigenvalue weighted by Gasteiger charge is -2.15. The Morgan fingerprint density at radius 1 is 1.28 bits per heavy atom. The molecule has 2 N–H and O–H groups in total. The topological polar surface area (TPSA) is 70.7 Å². The van der Waals surface area contributed by atoms with Crippen molar-refractivity contribution in [3.05, 3.63) is 36.4 Å². The van der Waals surface area contributed by atoms with Crippen LogP contribution in [0.1, 0.15) is 26.2 Å². The summed E-state index contributed by atoms with van der Waals surface area (Å²) in [4.78, 5) is 26.6. The van der Waals surface area contributed by atoms with Gasteiger partial charge in [0.2, 0.25) is 0 Å². The molecule has 0 bridgehead atoms. The molecule has 2 fully saturated rings. The fraction of sp³-hybridized carbons (Fsp3) is 0.474. The minimum atomic E-state index is -0.651. The highest BCUT2D eigenvalue weighted by molar-refractivity contribution is 6.39. The Balaban J connectivity index is 1.48. The van der Waals surface area contributed by atoms with Crippen LogP contribution < -0.4 is 15.4 Å². The molecule has 1 heterocycles. The van der Waals surface area contributed by atoms with E-state index in [1.54, 1.807) is 24.3 Å². The van der Waals surface area contributed by atoms with Crippen molar-refractivity contribution in [3.63, 3.8) is 0 Å². The molecule has 0 spiro atoms. The zero-order valence-electron chi connectivity index (χ0n) is 14.6. The molecule has 1 atom stereocenters. The molecule has 1 unspecified atom stereocenters. The van der Waals surface area contributed by atoms with Gasteiger partial charge in [0.15, 0.2) is 0 Å². The Kier molecular flexibility index (Phi) is 5.38. The molecule has 1 saturated heterocycles. The van der Waals surface area contributed by atoms with Crippen LogP contribution in [0.5, 0.6) is 5.75 Å². The van der Waals surface area contributed by atoms with Gasteiger partial charge in [0.1, 0.15) is 12.4 Å². The number of benzene rings is 1. The van der Waals surface area contributed by atoms with Crippen molar-refractivity contribution in [2.24, 2.45) is 0 Å². The van der Waals surface area contributed by atoms with Gasteiger partial charge in [-0.15, -0.1) is 0 Å². The molecular formula is C19H25N3O3. The molecule has 1 aliphatic carbocycles. The Morgan fingerprint density at radius 2 is 2.08 bits per heavy atom. The molecule has 2 amide bonds. The third-order valence-corrected chi connectivity index (χ3v) is 4.40. The molecule has 2 aliphatic rings. The van der Waals surface area contributed by atoms with E-state index >= 15 is 0 Å². The fourth-order valence-corrected chi connectivity index (χ4v) is 2.99. The number of ether oxygens (including phenoxy) is 1. The van der Waals surface area contributed by atoms with E-state index in [4.69, 9.17) is 4.74 Å². The zero-order chi connectivity index (χ0) is 17.8. The first kappa shape index (κ1) is 17.5. The summed E-state index contributed by atoms with van der Waals surface area (Å²) in [5.41, 5.74) is 1.44. The van der Waals surface area contributed by atoms with Crippen molar-refractivity contribution in [2.75, 3.05) is 25.0 Å². The SMILES string of the molecule is C=C(C)COc1cccc(NC(=O)C(=O)NC2CCN(C3CC3)C2)c1. The third-order valence-electron chi connectivity index (χ3n) is 4.40. The number of amides is 2. The van der Waals surface area contributed by atoms with Crippen molar-refractivity contribution in [1.29, 1.82) is 0 Å². The maximum atomic E-state index is 12.1. The second-order valence-corrected chi connectivity index (χ2v) is 6.91. The first-order valence-electron chi connectivity index (χ1n) is 8.74. The van der Waals surface area contributed by atoms with Crippen LogP contribution in [0.15, 0.2) is 36.4 Å². The molecule has 6 nitrogen and oxygen atoms in total. The van der Waals surface area contributed by atoms with E-state index in [1.165, 1.54) is 12.8 Å². The van der Waals surface area contributed by atoms with Gasteiger partial charge in [-0.3, -0.25) is 14.5 Å². The second kappa shape index (κ2) is 7.70. The van der Waals surface area contributed by atoms with E-state index in [-0.39, 0.29) is 6.04 Å². The number of carbonyl (C=O) groups is 2. The van der Waals surface area contributed by atoms with Crippen LogP contribution in [-0.4, -0.2) is 48.5 Å². The molecule has 1 aromatic carbocycles. The largest absolute Gasteiger partial charge is 0.489 e. The Hall–Kier alpha value is -2.34. The minimum absolute atomic E-state index is 0.0593. The average molecular weight is 343 g/mol. The summed E-state index contributed by atoms with van der Waals surface area (Å²) in [5.74, 6) is -0.616. The summed E-state index contributed by atoms with van der Waals surface area (Å²) < 4.78 is 5.54. The normalized spacial score (nSPS) is 20.1. The van der Waals surface area contributed by atoms with Crippen LogP contribution in [-0.2, 0) is 9.59 Å². The zero-order valence-corrected chi connectivity index (χ0v) is 14.6. The average Bonchev–Trinajstić information content (AvgIpc) is 3.33. The van der Waals surface area contributed by atoms with Crippen molar-refractivity contribution in [3.8, 4) is 5.75 Å². The molecule has 0 radical (unpaired) electrons. The predicted octanol–water partition coefficient (Wildman–Crippen LogP) is 1.93. The Labute approximate surface area is 148 Å². The van der Waals surface area contributed by atoms with Gasteiger partial charge in [0.05, 0.1) is 0 Å². The van der Waals surface area contributed by atoms with Crippen molar-refractivity contribution in [2.45, 2.75) is 38.3 Å². The van der Waals surface area contributed by atoms with E-state index in [9.17, 15) is 9.59 Å². The van der Waals surface area contributed by atoms with Gasteiger partial charge in [-0.05, 0) is 43.9 Å². The lowest BCUT2D eigenvalue weighted by atomic mass is 10.2. The molecule has 25 heavy (non-hydrogen) atoms. The molecule has 3 rings (SSSR count). The molecule has 1 aliphatic heterocycles. The lowest BCUT2D eigenvalue weighted by Crippen LogP contribution is -2.43. The molecular weight excluding hydrogens is 318 g/mol. The van der Waals surface area contributed by atoms with Crippen LogP contribution in [0.25, 0.3) is 0 Å². The predicted molar refractivity (Wildman–Crippen MR) is 96.5 cm³/mol. The van der Waals surface area contributed by atoms with Gasteiger partial charge in [-0.1, -0.05) is 12.6 Å². The molecule has 0 aromatic heterocycles. The Morgan fingerprint density at radius 3 is 2.80 bits per heavy atom. The minimum Gasteiger partial charge on any atom is -0.489 e. The summed E-state index contributed by atoms with van der Waals surface area (Å²) in [6, 6.07) is 7.73. The van der Waals surface area contributed by atoms with Gasteiger partial charge in [-0.2, -0.15) is 0 Å². The van der Waals surface area contributed by atoms with Crippen LogP contribution in [0.4, 0.5) is 5.69 Å². The van der Waals surface area contributed by atoms with Crippen molar-refractivity contribution >= 4 is 17.5 Å². The maximum Gasteiger partial charge on any atom is 0.313 e. The first-order chi connectivity index (χ1) is 12.0. The quantitative estimate of drug-likeness (QED) is 0.612. The number of nitrogens with zero attached hydrogens (tertiary/aromatic N) is 1. The Bertz CT molecular complexity index is 670. The molecule has 1 aromatic rings. The van der Waals surface area contributed by atoms with Gasteiger partial charge in [0.25, 0.3) is 0 Å². The summed E-state index contributed by atoms with van der Waals surface area (Å²) in [5, 5.41) is 5.45. The van der Waals surface area contributed by atoms with Crippen molar-refractivity contribution < 1.29 is 14.3 Å². The van der Waals surface area contributed by atoms with E-state index in [1.807, 2.05) is 6.92 Å². The van der Waals surface area contributed by atoms with E-state index < -0.39 is 11.8 Å². The number of likely N-dealkylation sites (tertiary alicyclic amines) is 1. The summed E-state index contributed by atoms with van der Waals surface area (Å²) in [6.07, 6.45) is 3.41. The number of carbonyl (C=O) groups excluding carboxylic acids is 2. The van der Waals surface area contributed by atoms with Gasteiger partial charge >= 0.3 is 11.8 Å². The first-order valence-corrected chi connectivity index (χ1v) is 8.74. The van der Waals surface area contributed by atoms with Crippen LogP contribution in [0.3, 0.4) is 0 Å². The summed E-state index contributed by atoms with van der Waals surface area (Å²) >= 11 is 0. The molecule has 1 saturated carbocycles. The monoisotopic (exact) mass is 343 g/mol. The third kappa shape index (κ3) is 5.06. The fourth-order valence-electron chi connectivity index (χ4n) is 2.99. The number of rotatable bonds is 6. The smallest absolute Gasteiger partial charge is 0.313 e. The van der Waals surface area contributed by atoms with Gasteiger partial charge < -0.3 is 15.4 Å². The van der Waals surface area contributed by atoms with Crippen LogP contribution in [0, 0.1) is 0 Å². The van der Waals surface area contributed by atoms with Crippen molar-refractivity contribution in [1.82, 2.24) is 10.2 Å². The van der Waals surface area contributed by atoms with E-state index in [0.717, 1.165) is 25.1 Å². The highest BCUT2D eigenvalue weighted by Crippen LogP contribution is 2.29.